The van der Waals surface area contributed by atoms with Crippen LogP contribution in [-0.2, 0) is 23.9 Å². The first-order chi connectivity index (χ1) is 13.5. The molecule has 1 aromatic carbocycles. The van der Waals surface area contributed by atoms with Gasteiger partial charge in [0.05, 0.1) is 12.5 Å². The van der Waals surface area contributed by atoms with Crippen LogP contribution in [0.4, 0.5) is 0 Å². The number of ether oxygens (including phenoxy) is 2. The smallest absolute Gasteiger partial charge is 0.339 e. The summed E-state index contributed by atoms with van der Waals surface area (Å²) in [5, 5.41) is 11.5. The second-order valence-electron chi connectivity index (χ2n) is 8.87. The van der Waals surface area contributed by atoms with Gasteiger partial charge in [-0.25, -0.2) is 9.59 Å². The van der Waals surface area contributed by atoms with Crippen LogP contribution in [0, 0.1) is 5.41 Å². The van der Waals surface area contributed by atoms with E-state index < -0.39 is 34.5 Å². The highest BCUT2D eigenvalue weighted by Crippen LogP contribution is 2.55. The molecular weight excluding hydrogens is 372 g/mol. The van der Waals surface area contributed by atoms with Crippen LogP contribution in [0.3, 0.4) is 0 Å². The molecule has 29 heavy (non-hydrogen) atoms. The van der Waals surface area contributed by atoms with Gasteiger partial charge in [-0.3, -0.25) is 4.79 Å². The molecule has 0 amide bonds. The van der Waals surface area contributed by atoms with Gasteiger partial charge in [0.25, 0.3) is 0 Å². The zero-order chi connectivity index (χ0) is 21.4. The number of carbonyl (C=O) groups excluding carboxylic acids is 3. The summed E-state index contributed by atoms with van der Waals surface area (Å²) >= 11 is 0. The summed E-state index contributed by atoms with van der Waals surface area (Å²) in [6, 6.07) is 9.15. The largest absolute Gasteiger partial charge is 0.467 e. The van der Waals surface area contributed by atoms with E-state index in [2.05, 4.69) is 0 Å². The first-order valence-corrected chi connectivity index (χ1v) is 9.89. The Balaban J connectivity index is 2.20. The topological polar surface area (TPSA) is 89.9 Å². The number of carbonyl (C=O) groups is 3. The van der Waals surface area contributed by atoms with Crippen molar-refractivity contribution in [1.82, 2.24) is 0 Å². The van der Waals surface area contributed by atoms with Crippen LogP contribution < -0.4 is 0 Å². The molecule has 2 aliphatic carbocycles. The maximum absolute atomic E-state index is 13.1. The Morgan fingerprint density at radius 1 is 1.17 bits per heavy atom. The van der Waals surface area contributed by atoms with Crippen LogP contribution >= 0.6 is 0 Å². The number of aliphatic hydroxyl groups is 1. The fraction of sp³-hybridized carbons (Fsp3) is 0.522. The van der Waals surface area contributed by atoms with Crippen LogP contribution in [0.2, 0.25) is 0 Å². The number of hydrogen-bond acceptors (Lipinski definition) is 6. The maximum Gasteiger partial charge on any atom is 0.339 e. The van der Waals surface area contributed by atoms with Crippen LogP contribution in [0.1, 0.15) is 57.9 Å². The quantitative estimate of drug-likeness (QED) is 0.784. The summed E-state index contributed by atoms with van der Waals surface area (Å²) < 4.78 is 10.5. The third-order valence-electron chi connectivity index (χ3n) is 5.85. The fourth-order valence-corrected chi connectivity index (χ4v) is 4.51. The number of methoxy groups -OCH3 is 1. The van der Waals surface area contributed by atoms with Gasteiger partial charge in [0.1, 0.15) is 11.4 Å². The van der Waals surface area contributed by atoms with E-state index in [1.165, 1.54) is 13.2 Å². The molecule has 0 aliphatic heterocycles. The van der Waals surface area contributed by atoms with Gasteiger partial charge < -0.3 is 14.6 Å². The van der Waals surface area contributed by atoms with Gasteiger partial charge in [-0.2, -0.15) is 0 Å². The van der Waals surface area contributed by atoms with E-state index in [1.54, 1.807) is 20.8 Å². The van der Waals surface area contributed by atoms with Gasteiger partial charge in [0.15, 0.2) is 5.60 Å². The van der Waals surface area contributed by atoms with E-state index in [0.717, 1.165) is 5.56 Å². The van der Waals surface area contributed by atoms with Crippen molar-refractivity contribution in [2.45, 2.75) is 63.6 Å². The number of Topliss-reactive ketones (excluding diaryl/α,β-unsaturated/α-hetero) is 1. The average Bonchev–Trinajstić information content (AvgIpc) is 3.03. The predicted octanol–water partition coefficient (Wildman–Crippen LogP) is 3.09. The molecule has 1 saturated carbocycles. The third kappa shape index (κ3) is 3.62. The molecule has 3 atom stereocenters. The van der Waals surface area contributed by atoms with Crippen molar-refractivity contribution in [3.05, 3.63) is 47.5 Å². The second-order valence-corrected chi connectivity index (χ2v) is 8.87. The highest BCUT2D eigenvalue weighted by molar-refractivity contribution is 6.01. The highest BCUT2D eigenvalue weighted by atomic mass is 16.6. The minimum Gasteiger partial charge on any atom is -0.467 e. The summed E-state index contributed by atoms with van der Waals surface area (Å²) in [7, 11) is 1.19. The number of hydrogen-bond donors (Lipinski definition) is 1. The Labute approximate surface area is 170 Å². The van der Waals surface area contributed by atoms with Crippen molar-refractivity contribution in [2.75, 3.05) is 7.11 Å². The standard InChI is InChI=1S/C23H28O6/c1-21(2,3)29-19(25)17-13-22(12-8-11-18(22)24)23(27,20(26)28-4)14-16(17)15-9-6-5-7-10-15/h5-7,9-10,13,16,27H,8,11-12,14H2,1-4H3. The zero-order valence-electron chi connectivity index (χ0n) is 17.4. The van der Waals surface area contributed by atoms with Crippen LogP contribution in [-0.4, -0.2) is 41.1 Å². The highest BCUT2D eigenvalue weighted by Gasteiger charge is 2.64. The van der Waals surface area contributed by atoms with Crippen molar-refractivity contribution in [2.24, 2.45) is 5.41 Å². The van der Waals surface area contributed by atoms with Crippen molar-refractivity contribution in [3.8, 4) is 0 Å². The van der Waals surface area contributed by atoms with E-state index in [-0.39, 0.29) is 25.0 Å². The van der Waals surface area contributed by atoms with Crippen LogP contribution in [0.15, 0.2) is 42.0 Å². The molecule has 0 heterocycles. The van der Waals surface area contributed by atoms with Gasteiger partial charge >= 0.3 is 11.9 Å². The van der Waals surface area contributed by atoms with Crippen molar-refractivity contribution < 1.29 is 29.0 Å². The van der Waals surface area contributed by atoms with E-state index in [0.29, 0.717) is 12.0 Å². The third-order valence-corrected chi connectivity index (χ3v) is 5.85. The normalized spacial score (nSPS) is 29.5. The van der Waals surface area contributed by atoms with Gasteiger partial charge in [-0.05, 0) is 45.6 Å². The number of esters is 2. The predicted molar refractivity (Wildman–Crippen MR) is 106 cm³/mol. The van der Waals surface area contributed by atoms with Crippen molar-refractivity contribution in [1.29, 1.82) is 0 Å². The van der Waals surface area contributed by atoms with Crippen LogP contribution in [0.25, 0.3) is 0 Å². The molecule has 1 N–H and O–H groups in total. The van der Waals surface area contributed by atoms with E-state index in [9.17, 15) is 19.5 Å². The lowest BCUT2D eigenvalue weighted by atomic mass is 9.59. The molecule has 1 aromatic rings. The van der Waals surface area contributed by atoms with E-state index >= 15 is 0 Å². The van der Waals surface area contributed by atoms with Gasteiger partial charge in [0.2, 0.25) is 0 Å². The van der Waals surface area contributed by atoms with Crippen LogP contribution in [0.5, 0.6) is 0 Å². The first-order valence-electron chi connectivity index (χ1n) is 9.89. The first kappa shape index (κ1) is 21.2. The number of ketones is 1. The number of benzene rings is 1. The molecule has 0 bridgehead atoms. The molecule has 1 spiro atoms. The minimum atomic E-state index is -2.04. The number of rotatable bonds is 3. The summed E-state index contributed by atoms with van der Waals surface area (Å²) in [6.45, 7) is 5.31. The van der Waals surface area contributed by atoms with E-state index in [1.807, 2.05) is 30.3 Å². The molecule has 1 fully saturated rings. The molecule has 0 saturated heterocycles. The Kier molecular flexibility index (Phi) is 5.43. The molecule has 0 aromatic heterocycles. The Bertz CT molecular complexity index is 850. The molecule has 2 aliphatic rings. The molecular formula is C23H28O6. The van der Waals surface area contributed by atoms with Gasteiger partial charge in [-0.15, -0.1) is 0 Å². The summed E-state index contributed by atoms with van der Waals surface area (Å²) in [4.78, 5) is 38.7. The lowest BCUT2D eigenvalue weighted by Crippen LogP contribution is -2.59. The average molecular weight is 400 g/mol. The SMILES string of the molecule is COC(=O)C1(O)CC(c2ccccc2)C(C(=O)OC(C)(C)C)=CC12CCCC2=O. The molecule has 3 rings (SSSR count). The molecule has 6 heteroatoms. The molecule has 156 valence electrons. The Hall–Kier alpha value is -2.47. The van der Waals surface area contributed by atoms with E-state index in [4.69, 9.17) is 9.47 Å². The zero-order valence-corrected chi connectivity index (χ0v) is 17.4. The summed E-state index contributed by atoms with van der Waals surface area (Å²) in [6.07, 6.45) is 2.43. The fourth-order valence-electron chi connectivity index (χ4n) is 4.51. The minimum absolute atomic E-state index is 0.125. The monoisotopic (exact) mass is 400 g/mol. The second kappa shape index (κ2) is 7.41. The lowest BCUT2D eigenvalue weighted by Gasteiger charge is -2.46. The Morgan fingerprint density at radius 2 is 1.83 bits per heavy atom. The van der Waals surface area contributed by atoms with Crippen molar-refractivity contribution in [3.63, 3.8) is 0 Å². The maximum atomic E-state index is 13.1. The molecule has 0 radical (unpaired) electrons. The summed E-state index contributed by atoms with van der Waals surface area (Å²) in [5.41, 5.74) is -3.18. The van der Waals surface area contributed by atoms with Gasteiger partial charge in [-0.1, -0.05) is 36.4 Å². The molecule has 3 unspecified atom stereocenters. The Morgan fingerprint density at radius 3 is 2.34 bits per heavy atom. The van der Waals surface area contributed by atoms with Crippen molar-refractivity contribution >= 4 is 17.7 Å². The molecule has 6 nitrogen and oxygen atoms in total. The lowest BCUT2D eigenvalue weighted by molar-refractivity contribution is -0.181. The summed E-state index contributed by atoms with van der Waals surface area (Å²) in [5.74, 6) is -2.25. The van der Waals surface area contributed by atoms with Gasteiger partial charge in [0, 0.05) is 17.9 Å².